The molecule has 0 aromatic heterocycles. The summed E-state index contributed by atoms with van der Waals surface area (Å²) in [4.78, 5) is 10.2. The van der Waals surface area contributed by atoms with E-state index in [1.165, 1.54) is 0 Å². The van der Waals surface area contributed by atoms with Crippen molar-refractivity contribution in [1.82, 2.24) is 5.32 Å². The SMILES string of the molecule is COCCOC[C@@H](CO)NC(=O)O. The Hall–Kier alpha value is -0.850. The van der Waals surface area contributed by atoms with Crippen molar-refractivity contribution in [2.24, 2.45) is 0 Å². The fraction of sp³-hybridized carbons (Fsp3) is 0.857. The van der Waals surface area contributed by atoms with Crippen molar-refractivity contribution in [2.45, 2.75) is 6.04 Å². The Bertz CT molecular complexity index is 141. The van der Waals surface area contributed by atoms with Gasteiger partial charge in [0.05, 0.1) is 32.5 Å². The van der Waals surface area contributed by atoms with E-state index in [-0.39, 0.29) is 13.2 Å². The lowest BCUT2D eigenvalue weighted by Crippen LogP contribution is -2.40. The highest BCUT2D eigenvalue weighted by molar-refractivity contribution is 5.64. The van der Waals surface area contributed by atoms with Crippen LogP contribution in [0.4, 0.5) is 4.79 Å². The number of hydrogen-bond acceptors (Lipinski definition) is 4. The average molecular weight is 193 g/mol. The van der Waals surface area contributed by atoms with E-state index in [0.717, 1.165) is 0 Å². The first-order chi connectivity index (χ1) is 6.20. The van der Waals surface area contributed by atoms with Crippen LogP contribution in [-0.4, -0.2) is 55.9 Å². The van der Waals surface area contributed by atoms with E-state index in [4.69, 9.17) is 19.7 Å². The normalized spacial score (nSPS) is 12.5. The summed E-state index contributed by atoms with van der Waals surface area (Å²) in [5.74, 6) is 0. The molecule has 0 aliphatic heterocycles. The van der Waals surface area contributed by atoms with Gasteiger partial charge in [-0.25, -0.2) is 4.79 Å². The number of methoxy groups -OCH3 is 1. The first-order valence-electron chi connectivity index (χ1n) is 3.87. The highest BCUT2D eigenvalue weighted by Gasteiger charge is 2.09. The fourth-order valence-electron chi connectivity index (χ4n) is 0.682. The van der Waals surface area contributed by atoms with Crippen molar-refractivity contribution in [2.75, 3.05) is 33.5 Å². The summed E-state index contributed by atoms with van der Waals surface area (Å²) in [6.07, 6.45) is -1.17. The van der Waals surface area contributed by atoms with Gasteiger partial charge in [-0.2, -0.15) is 0 Å². The number of nitrogens with one attached hydrogen (secondary N) is 1. The highest BCUT2D eigenvalue weighted by atomic mass is 16.5. The molecule has 0 unspecified atom stereocenters. The molecule has 6 nitrogen and oxygen atoms in total. The van der Waals surface area contributed by atoms with Crippen molar-refractivity contribution in [1.29, 1.82) is 0 Å². The van der Waals surface area contributed by atoms with Gasteiger partial charge in [-0.05, 0) is 0 Å². The molecule has 0 radical (unpaired) electrons. The van der Waals surface area contributed by atoms with Crippen molar-refractivity contribution in [3.8, 4) is 0 Å². The number of hydrogen-bond donors (Lipinski definition) is 3. The van der Waals surface area contributed by atoms with Gasteiger partial charge >= 0.3 is 6.09 Å². The third-order valence-electron chi connectivity index (χ3n) is 1.30. The number of carboxylic acid groups (broad SMARTS) is 1. The molecule has 0 rings (SSSR count). The maximum Gasteiger partial charge on any atom is 0.405 e. The number of aliphatic hydroxyl groups excluding tert-OH is 1. The minimum atomic E-state index is -1.17. The monoisotopic (exact) mass is 193 g/mol. The van der Waals surface area contributed by atoms with Crippen LogP contribution in [0, 0.1) is 0 Å². The van der Waals surface area contributed by atoms with Crippen LogP contribution in [0.3, 0.4) is 0 Å². The maximum atomic E-state index is 10.2. The second-order valence-electron chi connectivity index (χ2n) is 2.40. The highest BCUT2D eigenvalue weighted by Crippen LogP contribution is 1.85. The predicted molar refractivity (Wildman–Crippen MR) is 44.7 cm³/mol. The maximum absolute atomic E-state index is 10.2. The zero-order valence-electron chi connectivity index (χ0n) is 7.52. The molecule has 13 heavy (non-hydrogen) atoms. The van der Waals surface area contributed by atoms with Gasteiger partial charge in [0.1, 0.15) is 0 Å². The number of ether oxygens (including phenoxy) is 2. The molecule has 1 amide bonds. The van der Waals surface area contributed by atoms with E-state index >= 15 is 0 Å². The predicted octanol–water partition coefficient (Wildman–Crippen LogP) is -0.722. The summed E-state index contributed by atoms with van der Waals surface area (Å²) in [6.45, 7) is 0.699. The molecule has 3 N–H and O–H groups in total. The largest absolute Gasteiger partial charge is 0.465 e. The van der Waals surface area contributed by atoms with Gasteiger partial charge < -0.3 is 25.0 Å². The Morgan fingerprint density at radius 2 is 2.23 bits per heavy atom. The van der Waals surface area contributed by atoms with Crippen LogP contribution in [0.25, 0.3) is 0 Å². The summed E-state index contributed by atoms with van der Waals surface area (Å²) in [5, 5.41) is 19.1. The van der Waals surface area contributed by atoms with Gasteiger partial charge in [-0.3, -0.25) is 0 Å². The fourth-order valence-corrected chi connectivity index (χ4v) is 0.682. The van der Waals surface area contributed by atoms with Crippen molar-refractivity contribution >= 4 is 6.09 Å². The third-order valence-corrected chi connectivity index (χ3v) is 1.30. The van der Waals surface area contributed by atoms with Crippen molar-refractivity contribution in [3.63, 3.8) is 0 Å². The van der Waals surface area contributed by atoms with E-state index in [2.05, 4.69) is 5.32 Å². The second-order valence-corrected chi connectivity index (χ2v) is 2.40. The van der Waals surface area contributed by atoms with Crippen LogP contribution in [-0.2, 0) is 9.47 Å². The van der Waals surface area contributed by atoms with Crippen LogP contribution < -0.4 is 5.32 Å². The molecule has 0 saturated carbocycles. The van der Waals surface area contributed by atoms with Crippen LogP contribution in [0.15, 0.2) is 0 Å². The summed E-state index contributed by atoms with van der Waals surface area (Å²) < 4.78 is 9.73. The Morgan fingerprint density at radius 3 is 2.69 bits per heavy atom. The van der Waals surface area contributed by atoms with E-state index in [1.54, 1.807) is 7.11 Å². The van der Waals surface area contributed by atoms with Gasteiger partial charge in [-0.15, -0.1) is 0 Å². The molecule has 0 fully saturated rings. The lowest BCUT2D eigenvalue weighted by atomic mass is 10.3. The standard InChI is InChI=1S/C7H15NO5/c1-12-2-3-13-5-6(4-9)8-7(10)11/h6,8-9H,2-5H2,1H3,(H,10,11)/t6-/m1/s1. The minimum Gasteiger partial charge on any atom is -0.465 e. The van der Waals surface area contributed by atoms with E-state index in [1.807, 2.05) is 0 Å². The van der Waals surface area contributed by atoms with Gasteiger partial charge in [0.25, 0.3) is 0 Å². The average Bonchev–Trinajstić information content (AvgIpc) is 2.09. The topological polar surface area (TPSA) is 88.0 Å². The van der Waals surface area contributed by atoms with Gasteiger partial charge in [0, 0.05) is 7.11 Å². The van der Waals surface area contributed by atoms with Crippen LogP contribution in [0.2, 0.25) is 0 Å². The van der Waals surface area contributed by atoms with E-state index in [0.29, 0.717) is 13.2 Å². The Labute approximate surface area is 76.5 Å². The molecule has 0 saturated heterocycles. The first-order valence-corrected chi connectivity index (χ1v) is 3.87. The molecule has 0 aromatic rings. The van der Waals surface area contributed by atoms with Crippen LogP contribution in [0.5, 0.6) is 0 Å². The molecule has 1 atom stereocenters. The quantitative estimate of drug-likeness (QED) is 0.464. The molecule has 0 bridgehead atoms. The van der Waals surface area contributed by atoms with Gasteiger partial charge in [0.2, 0.25) is 0 Å². The summed E-state index contributed by atoms with van der Waals surface area (Å²) in [7, 11) is 1.54. The Kier molecular flexibility index (Phi) is 7.27. The molecule has 0 aliphatic carbocycles. The van der Waals surface area contributed by atoms with Crippen molar-refractivity contribution in [3.05, 3.63) is 0 Å². The van der Waals surface area contributed by atoms with E-state index in [9.17, 15) is 4.79 Å². The minimum absolute atomic E-state index is 0.145. The third kappa shape index (κ3) is 7.51. The second kappa shape index (κ2) is 7.78. The van der Waals surface area contributed by atoms with Crippen LogP contribution in [0.1, 0.15) is 0 Å². The Morgan fingerprint density at radius 1 is 1.54 bits per heavy atom. The lowest BCUT2D eigenvalue weighted by molar-refractivity contribution is 0.0482. The number of aliphatic hydroxyl groups is 1. The summed E-state index contributed by atoms with van der Waals surface area (Å²) >= 11 is 0. The molecule has 78 valence electrons. The number of amides is 1. The van der Waals surface area contributed by atoms with Crippen LogP contribution >= 0.6 is 0 Å². The van der Waals surface area contributed by atoms with E-state index < -0.39 is 12.1 Å². The molecule has 0 aliphatic rings. The van der Waals surface area contributed by atoms with Gasteiger partial charge in [-0.1, -0.05) is 0 Å². The lowest BCUT2D eigenvalue weighted by Gasteiger charge is -2.13. The number of carbonyl (C=O) groups is 1. The van der Waals surface area contributed by atoms with Gasteiger partial charge in [0.15, 0.2) is 0 Å². The molecule has 0 spiro atoms. The molecule has 6 heteroatoms. The van der Waals surface area contributed by atoms with Crippen molar-refractivity contribution < 1.29 is 24.5 Å². The first kappa shape index (κ1) is 12.2. The zero-order chi connectivity index (χ0) is 10.1. The summed E-state index contributed by atoms with van der Waals surface area (Å²) in [5.41, 5.74) is 0. The molecule has 0 aromatic carbocycles. The molecule has 0 heterocycles. The number of rotatable bonds is 7. The smallest absolute Gasteiger partial charge is 0.405 e. The molecular weight excluding hydrogens is 178 g/mol. The zero-order valence-corrected chi connectivity index (χ0v) is 7.52. The Balaban J connectivity index is 3.42. The summed E-state index contributed by atoms with van der Waals surface area (Å²) in [6, 6.07) is -0.575. The molecular formula is C7H15NO5.